The highest BCUT2D eigenvalue weighted by atomic mass is 16.3. The first-order valence-corrected chi connectivity index (χ1v) is 30.0. The highest BCUT2D eigenvalue weighted by molar-refractivity contribution is 5.76. The maximum atomic E-state index is 12.6. The van der Waals surface area contributed by atoms with E-state index in [1.807, 2.05) is 0 Å². The van der Waals surface area contributed by atoms with Crippen molar-refractivity contribution in [3.63, 3.8) is 0 Å². The van der Waals surface area contributed by atoms with Crippen molar-refractivity contribution >= 4 is 5.91 Å². The molecular formula is C60H119NO4. The molecule has 0 saturated heterocycles. The molecule has 0 heterocycles. The van der Waals surface area contributed by atoms with Crippen LogP contribution in [0.3, 0.4) is 0 Å². The van der Waals surface area contributed by atoms with Crippen molar-refractivity contribution in [2.24, 2.45) is 0 Å². The van der Waals surface area contributed by atoms with E-state index in [9.17, 15) is 20.1 Å². The van der Waals surface area contributed by atoms with Gasteiger partial charge in [-0.3, -0.25) is 4.79 Å². The quantitative estimate of drug-likeness (QED) is 0.0361. The zero-order valence-electron chi connectivity index (χ0n) is 44.4. The summed E-state index contributed by atoms with van der Waals surface area (Å²) in [6.07, 6.45) is 69.5. The fraction of sp³-hybridized carbons (Fsp3) is 0.950. The van der Waals surface area contributed by atoms with Crippen LogP contribution in [0.5, 0.6) is 0 Å². The lowest BCUT2D eigenvalue weighted by atomic mass is 10.0. The number of amides is 1. The van der Waals surface area contributed by atoms with Gasteiger partial charge in [0.15, 0.2) is 0 Å². The van der Waals surface area contributed by atoms with E-state index >= 15 is 0 Å². The summed E-state index contributed by atoms with van der Waals surface area (Å²) in [6.45, 7) is 4.31. The largest absolute Gasteiger partial charge is 0.394 e. The number of hydrogen-bond acceptors (Lipinski definition) is 4. The van der Waals surface area contributed by atoms with E-state index in [1.54, 1.807) is 0 Å². The van der Waals surface area contributed by atoms with Crippen LogP contribution in [0, 0.1) is 0 Å². The molecule has 0 aliphatic carbocycles. The molecule has 3 atom stereocenters. The molecular weight excluding hydrogens is 799 g/mol. The maximum Gasteiger partial charge on any atom is 0.222 e. The second kappa shape index (κ2) is 55.7. The summed E-state index contributed by atoms with van der Waals surface area (Å²) in [7, 11) is 0. The number of rotatable bonds is 56. The first kappa shape index (κ1) is 64.1. The zero-order chi connectivity index (χ0) is 47.2. The van der Waals surface area contributed by atoms with Crippen molar-refractivity contribution in [3.8, 4) is 0 Å². The SMILES string of the molecule is CCCCCCCCCCCCCC/C=C\CCCCCCCCCCCCCCCC(O)CC(=O)NC(CO)C(O)CCCCCCCCCCCCCCCCCCCCCCC. The molecule has 5 nitrogen and oxygen atoms in total. The summed E-state index contributed by atoms with van der Waals surface area (Å²) in [5, 5.41) is 33.7. The van der Waals surface area contributed by atoms with Crippen LogP contribution in [0.4, 0.5) is 0 Å². The van der Waals surface area contributed by atoms with Gasteiger partial charge in [-0.15, -0.1) is 0 Å². The van der Waals surface area contributed by atoms with E-state index in [-0.39, 0.29) is 18.9 Å². The molecule has 0 aliphatic rings. The van der Waals surface area contributed by atoms with Gasteiger partial charge < -0.3 is 20.6 Å². The van der Waals surface area contributed by atoms with Crippen LogP contribution < -0.4 is 5.32 Å². The molecule has 0 rings (SSSR count). The second-order valence-electron chi connectivity index (χ2n) is 21.0. The molecule has 0 radical (unpaired) electrons. The maximum absolute atomic E-state index is 12.6. The minimum atomic E-state index is -0.748. The zero-order valence-corrected chi connectivity index (χ0v) is 44.4. The Balaban J connectivity index is 3.49. The normalized spacial score (nSPS) is 13.2. The Kier molecular flexibility index (Phi) is 54.9. The van der Waals surface area contributed by atoms with Gasteiger partial charge in [0.1, 0.15) is 0 Å². The molecule has 5 heteroatoms. The molecule has 0 aromatic carbocycles. The molecule has 388 valence electrons. The smallest absolute Gasteiger partial charge is 0.222 e. The van der Waals surface area contributed by atoms with Gasteiger partial charge in [0.25, 0.3) is 0 Å². The van der Waals surface area contributed by atoms with Gasteiger partial charge in [-0.25, -0.2) is 0 Å². The molecule has 4 N–H and O–H groups in total. The number of hydrogen-bond donors (Lipinski definition) is 4. The Morgan fingerprint density at radius 1 is 0.369 bits per heavy atom. The Morgan fingerprint density at radius 2 is 0.615 bits per heavy atom. The average Bonchev–Trinajstić information content (AvgIpc) is 3.30. The van der Waals surface area contributed by atoms with E-state index < -0.39 is 18.2 Å². The fourth-order valence-corrected chi connectivity index (χ4v) is 9.76. The van der Waals surface area contributed by atoms with Crippen molar-refractivity contribution in [2.45, 2.75) is 360 Å². The van der Waals surface area contributed by atoms with Crippen molar-refractivity contribution in [2.75, 3.05) is 6.61 Å². The lowest BCUT2D eigenvalue weighted by Crippen LogP contribution is -2.46. The van der Waals surface area contributed by atoms with E-state index in [4.69, 9.17) is 0 Å². The number of carbonyl (C=O) groups is 1. The minimum absolute atomic E-state index is 0.0408. The molecule has 0 fully saturated rings. The second-order valence-corrected chi connectivity index (χ2v) is 21.0. The summed E-state index contributed by atoms with van der Waals surface area (Å²) >= 11 is 0. The number of carbonyl (C=O) groups excluding carboxylic acids is 1. The van der Waals surface area contributed by atoms with Crippen LogP contribution >= 0.6 is 0 Å². The fourth-order valence-electron chi connectivity index (χ4n) is 9.76. The van der Waals surface area contributed by atoms with Gasteiger partial charge >= 0.3 is 0 Å². The molecule has 0 bridgehead atoms. The van der Waals surface area contributed by atoms with Crippen molar-refractivity contribution in [1.82, 2.24) is 5.32 Å². The molecule has 0 spiro atoms. The lowest BCUT2D eigenvalue weighted by Gasteiger charge is -2.23. The van der Waals surface area contributed by atoms with E-state index in [0.29, 0.717) is 12.8 Å². The van der Waals surface area contributed by atoms with Crippen molar-refractivity contribution < 1.29 is 20.1 Å². The molecule has 65 heavy (non-hydrogen) atoms. The van der Waals surface area contributed by atoms with Crippen molar-refractivity contribution in [1.29, 1.82) is 0 Å². The van der Waals surface area contributed by atoms with E-state index in [1.165, 1.54) is 283 Å². The molecule has 0 saturated carbocycles. The Morgan fingerprint density at radius 3 is 0.892 bits per heavy atom. The summed E-state index contributed by atoms with van der Waals surface area (Å²) in [6, 6.07) is -0.657. The Bertz CT molecular complexity index is 925. The lowest BCUT2D eigenvalue weighted by molar-refractivity contribution is -0.125. The third-order valence-corrected chi connectivity index (χ3v) is 14.3. The molecule has 0 aromatic heterocycles. The predicted octanol–water partition coefficient (Wildman–Crippen LogP) is 18.7. The average molecular weight is 919 g/mol. The molecule has 1 amide bonds. The predicted molar refractivity (Wildman–Crippen MR) is 287 cm³/mol. The molecule has 3 unspecified atom stereocenters. The number of aliphatic hydroxyl groups excluding tert-OH is 3. The third-order valence-electron chi connectivity index (χ3n) is 14.3. The van der Waals surface area contributed by atoms with Gasteiger partial charge in [0, 0.05) is 0 Å². The Labute approximate surface area is 408 Å². The Hall–Kier alpha value is -0.910. The van der Waals surface area contributed by atoms with Crippen LogP contribution in [-0.2, 0) is 4.79 Å². The standard InChI is InChI=1S/C60H119NO4/c1-3-5-7-9-11-13-15-17-19-21-23-25-26-27-28-29-30-31-32-34-35-37-39-41-43-45-47-49-51-53-57(63)55-60(65)61-58(56-62)59(64)54-52-50-48-46-44-42-40-38-36-33-24-22-20-18-16-14-12-10-8-6-4-2/h27-28,57-59,62-64H,3-26,29-56H2,1-2H3,(H,61,65)/b28-27-. The van der Waals surface area contributed by atoms with Gasteiger partial charge in [0.2, 0.25) is 5.91 Å². The van der Waals surface area contributed by atoms with Gasteiger partial charge in [0.05, 0.1) is 31.3 Å². The number of allylic oxidation sites excluding steroid dienone is 2. The number of aliphatic hydroxyl groups is 3. The highest BCUT2D eigenvalue weighted by Gasteiger charge is 2.21. The van der Waals surface area contributed by atoms with Gasteiger partial charge in [-0.05, 0) is 38.5 Å². The van der Waals surface area contributed by atoms with E-state index in [0.717, 1.165) is 25.7 Å². The van der Waals surface area contributed by atoms with Crippen LogP contribution in [0.15, 0.2) is 12.2 Å². The van der Waals surface area contributed by atoms with E-state index in [2.05, 4.69) is 31.3 Å². The van der Waals surface area contributed by atoms with Crippen LogP contribution in [0.25, 0.3) is 0 Å². The number of nitrogens with one attached hydrogen (secondary N) is 1. The summed E-state index contributed by atoms with van der Waals surface area (Å²) in [5.41, 5.74) is 0. The summed E-state index contributed by atoms with van der Waals surface area (Å²) in [4.78, 5) is 12.6. The molecule has 0 aromatic rings. The van der Waals surface area contributed by atoms with Gasteiger partial charge in [-0.2, -0.15) is 0 Å². The van der Waals surface area contributed by atoms with Crippen LogP contribution in [0.1, 0.15) is 341 Å². The first-order chi connectivity index (χ1) is 32.0. The highest BCUT2D eigenvalue weighted by Crippen LogP contribution is 2.18. The minimum Gasteiger partial charge on any atom is -0.394 e. The third kappa shape index (κ3) is 52.3. The topological polar surface area (TPSA) is 89.8 Å². The number of unbranched alkanes of at least 4 members (excludes halogenated alkanes) is 45. The molecule has 0 aliphatic heterocycles. The van der Waals surface area contributed by atoms with Crippen LogP contribution in [0.2, 0.25) is 0 Å². The monoisotopic (exact) mass is 918 g/mol. The first-order valence-electron chi connectivity index (χ1n) is 30.0. The van der Waals surface area contributed by atoms with Gasteiger partial charge in [-0.1, -0.05) is 309 Å². The summed E-state index contributed by atoms with van der Waals surface area (Å²) < 4.78 is 0. The summed E-state index contributed by atoms with van der Waals surface area (Å²) in [5.74, 6) is -0.276. The van der Waals surface area contributed by atoms with Crippen molar-refractivity contribution in [3.05, 3.63) is 12.2 Å². The van der Waals surface area contributed by atoms with Crippen LogP contribution in [-0.4, -0.2) is 46.1 Å².